The fourth-order valence-electron chi connectivity index (χ4n) is 0.873. The first-order valence-corrected chi connectivity index (χ1v) is 4.04. The van der Waals surface area contributed by atoms with Gasteiger partial charge in [-0.25, -0.2) is 0 Å². The van der Waals surface area contributed by atoms with Crippen LogP contribution in [0.25, 0.3) is 5.70 Å². The highest BCUT2D eigenvalue weighted by atomic mass is 15.4. The largest absolute Gasteiger partial charge is 0.330 e. The van der Waals surface area contributed by atoms with Crippen molar-refractivity contribution < 1.29 is 0 Å². The van der Waals surface area contributed by atoms with Gasteiger partial charge >= 0.3 is 0 Å². The minimum atomic E-state index is 0.555. The van der Waals surface area contributed by atoms with Crippen molar-refractivity contribution in [1.82, 2.24) is 20.4 Å². The van der Waals surface area contributed by atoms with E-state index in [-0.39, 0.29) is 0 Å². The third-order valence-electron chi connectivity index (χ3n) is 1.61. The molecule has 0 saturated carbocycles. The Balaban J connectivity index is 2.58. The number of rotatable bonds is 5. The van der Waals surface area contributed by atoms with Crippen LogP contribution in [0.3, 0.4) is 0 Å². The van der Waals surface area contributed by atoms with E-state index in [1.165, 1.54) is 0 Å². The molecule has 0 aliphatic carbocycles. The maximum atomic E-state index is 5.36. The van der Waals surface area contributed by atoms with Crippen LogP contribution >= 0.6 is 0 Å². The molecule has 13 heavy (non-hydrogen) atoms. The van der Waals surface area contributed by atoms with Gasteiger partial charge in [0, 0.05) is 6.54 Å². The summed E-state index contributed by atoms with van der Waals surface area (Å²) in [5.41, 5.74) is 8.98. The van der Waals surface area contributed by atoms with Crippen LogP contribution in [0.5, 0.6) is 0 Å². The SMILES string of the molecule is C=C(NN)c1cn(CCCN)nn1. The molecule has 5 N–H and O–H groups in total. The quantitative estimate of drug-likeness (QED) is 0.403. The summed E-state index contributed by atoms with van der Waals surface area (Å²) in [5, 5.41) is 7.75. The summed E-state index contributed by atoms with van der Waals surface area (Å²) in [4.78, 5) is 0. The Labute approximate surface area is 76.6 Å². The summed E-state index contributed by atoms with van der Waals surface area (Å²) < 4.78 is 1.71. The molecule has 6 heteroatoms. The van der Waals surface area contributed by atoms with E-state index in [1.807, 2.05) is 0 Å². The van der Waals surface area contributed by atoms with Crippen molar-refractivity contribution in [1.29, 1.82) is 0 Å². The predicted molar refractivity (Wildman–Crippen MR) is 50.1 cm³/mol. The highest BCUT2D eigenvalue weighted by Crippen LogP contribution is 2.02. The molecule has 6 nitrogen and oxygen atoms in total. The molecular formula is C7H14N6. The zero-order valence-electron chi connectivity index (χ0n) is 7.40. The minimum absolute atomic E-state index is 0.555. The van der Waals surface area contributed by atoms with Crippen molar-refractivity contribution in [2.24, 2.45) is 11.6 Å². The van der Waals surface area contributed by atoms with Crippen LogP contribution in [0.4, 0.5) is 0 Å². The van der Waals surface area contributed by atoms with Gasteiger partial charge in [-0.1, -0.05) is 11.8 Å². The monoisotopic (exact) mass is 182 g/mol. The van der Waals surface area contributed by atoms with Crippen molar-refractivity contribution in [3.8, 4) is 0 Å². The third-order valence-corrected chi connectivity index (χ3v) is 1.61. The van der Waals surface area contributed by atoms with Gasteiger partial charge in [-0.15, -0.1) is 5.10 Å². The van der Waals surface area contributed by atoms with Crippen molar-refractivity contribution in [2.45, 2.75) is 13.0 Å². The molecule has 0 atom stereocenters. The zero-order valence-corrected chi connectivity index (χ0v) is 7.40. The van der Waals surface area contributed by atoms with Crippen molar-refractivity contribution in [3.05, 3.63) is 18.5 Å². The van der Waals surface area contributed by atoms with E-state index in [9.17, 15) is 0 Å². The normalized spacial score (nSPS) is 10.0. The third kappa shape index (κ3) is 2.53. The van der Waals surface area contributed by atoms with Gasteiger partial charge in [0.1, 0.15) is 5.69 Å². The molecule has 0 aliphatic rings. The van der Waals surface area contributed by atoms with Crippen LogP contribution in [0.1, 0.15) is 12.1 Å². The molecular weight excluding hydrogens is 168 g/mol. The number of nitrogens with zero attached hydrogens (tertiary/aromatic N) is 3. The molecule has 0 saturated heterocycles. The summed E-state index contributed by atoms with van der Waals surface area (Å²) in [7, 11) is 0. The molecule has 0 spiro atoms. The number of aromatic nitrogens is 3. The molecule has 0 unspecified atom stereocenters. The molecule has 1 rings (SSSR count). The summed E-state index contributed by atoms with van der Waals surface area (Å²) in [6, 6.07) is 0. The molecule has 0 fully saturated rings. The maximum Gasteiger partial charge on any atom is 0.129 e. The van der Waals surface area contributed by atoms with Crippen LogP contribution in [-0.4, -0.2) is 21.5 Å². The molecule has 0 aromatic carbocycles. The highest BCUT2D eigenvalue weighted by molar-refractivity contribution is 5.55. The molecule has 1 heterocycles. The first-order valence-electron chi connectivity index (χ1n) is 4.04. The van der Waals surface area contributed by atoms with Crippen LogP contribution in [0, 0.1) is 0 Å². The second-order valence-electron chi connectivity index (χ2n) is 2.63. The van der Waals surface area contributed by atoms with Crippen molar-refractivity contribution in [3.63, 3.8) is 0 Å². The van der Waals surface area contributed by atoms with Crippen LogP contribution in [0.2, 0.25) is 0 Å². The first kappa shape index (κ1) is 9.69. The van der Waals surface area contributed by atoms with Crippen molar-refractivity contribution in [2.75, 3.05) is 6.54 Å². The van der Waals surface area contributed by atoms with E-state index < -0.39 is 0 Å². The van der Waals surface area contributed by atoms with E-state index in [0.29, 0.717) is 17.9 Å². The second kappa shape index (κ2) is 4.58. The lowest BCUT2D eigenvalue weighted by Gasteiger charge is -1.97. The summed E-state index contributed by atoms with van der Waals surface area (Å²) in [6.45, 7) is 5.07. The standard InChI is InChI=1S/C7H14N6/c1-6(10-9)7-5-13(12-11-7)4-2-3-8/h5,10H,1-4,8-9H2. The molecule has 1 aromatic rings. The Hall–Kier alpha value is -1.40. The number of hydrogen-bond acceptors (Lipinski definition) is 5. The van der Waals surface area contributed by atoms with Crippen molar-refractivity contribution >= 4 is 5.70 Å². The van der Waals surface area contributed by atoms with Gasteiger partial charge in [-0.05, 0) is 13.0 Å². The zero-order chi connectivity index (χ0) is 9.68. The molecule has 0 bridgehead atoms. The number of hydrogen-bond donors (Lipinski definition) is 3. The maximum absolute atomic E-state index is 5.36. The lowest BCUT2D eigenvalue weighted by Crippen LogP contribution is -2.19. The fourth-order valence-corrected chi connectivity index (χ4v) is 0.873. The highest BCUT2D eigenvalue weighted by Gasteiger charge is 2.02. The lowest BCUT2D eigenvalue weighted by atomic mass is 10.4. The summed E-state index contributed by atoms with van der Waals surface area (Å²) in [5.74, 6) is 5.17. The average molecular weight is 182 g/mol. The van der Waals surface area contributed by atoms with Gasteiger partial charge in [0.25, 0.3) is 0 Å². The number of nitrogens with one attached hydrogen (secondary N) is 1. The second-order valence-corrected chi connectivity index (χ2v) is 2.63. The summed E-state index contributed by atoms with van der Waals surface area (Å²) >= 11 is 0. The Kier molecular flexibility index (Phi) is 3.41. The fraction of sp³-hybridized carbons (Fsp3) is 0.429. The minimum Gasteiger partial charge on any atom is -0.330 e. The Bertz CT molecular complexity index is 278. The van der Waals surface area contributed by atoms with E-state index >= 15 is 0 Å². The van der Waals surface area contributed by atoms with E-state index in [1.54, 1.807) is 10.9 Å². The molecule has 1 aromatic heterocycles. The first-order chi connectivity index (χ1) is 6.27. The number of aryl methyl sites for hydroxylation is 1. The Morgan fingerprint density at radius 3 is 3.08 bits per heavy atom. The van der Waals surface area contributed by atoms with Gasteiger partial charge in [-0.3, -0.25) is 10.5 Å². The van der Waals surface area contributed by atoms with Gasteiger partial charge in [-0.2, -0.15) is 0 Å². The Morgan fingerprint density at radius 2 is 2.46 bits per heavy atom. The predicted octanol–water partition coefficient (Wildman–Crippen LogP) is -0.939. The van der Waals surface area contributed by atoms with Gasteiger partial charge in [0.2, 0.25) is 0 Å². The van der Waals surface area contributed by atoms with E-state index in [4.69, 9.17) is 11.6 Å². The average Bonchev–Trinajstić information content (AvgIpc) is 2.62. The molecule has 72 valence electrons. The van der Waals surface area contributed by atoms with Crippen LogP contribution in [0.15, 0.2) is 12.8 Å². The number of nitrogens with two attached hydrogens (primary N) is 2. The number of hydrazine groups is 1. The van der Waals surface area contributed by atoms with Crippen LogP contribution < -0.4 is 17.0 Å². The lowest BCUT2D eigenvalue weighted by molar-refractivity contribution is 0.564. The molecule has 0 radical (unpaired) electrons. The Morgan fingerprint density at radius 1 is 1.69 bits per heavy atom. The summed E-state index contributed by atoms with van der Waals surface area (Å²) in [6.07, 6.45) is 2.66. The van der Waals surface area contributed by atoms with Gasteiger partial charge < -0.3 is 11.2 Å². The van der Waals surface area contributed by atoms with E-state index in [2.05, 4.69) is 22.3 Å². The van der Waals surface area contributed by atoms with Gasteiger partial charge in [0.05, 0.1) is 11.9 Å². The smallest absolute Gasteiger partial charge is 0.129 e. The van der Waals surface area contributed by atoms with Crippen LogP contribution in [-0.2, 0) is 6.54 Å². The molecule has 0 amide bonds. The van der Waals surface area contributed by atoms with E-state index in [0.717, 1.165) is 13.0 Å². The topological polar surface area (TPSA) is 94.8 Å². The van der Waals surface area contributed by atoms with Gasteiger partial charge in [0.15, 0.2) is 0 Å². The molecule has 0 aliphatic heterocycles.